The zero-order chi connectivity index (χ0) is 14.5. The highest BCUT2D eigenvalue weighted by molar-refractivity contribution is 6.30. The van der Waals surface area contributed by atoms with E-state index in [9.17, 15) is 4.79 Å². The molecule has 0 fully saturated rings. The van der Waals surface area contributed by atoms with Gasteiger partial charge in [-0.2, -0.15) is 0 Å². The molecule has 2 aromatic rings. The average molecular weight is 296 g/mol. The van der Waals surface area contributed by atoms with Crippen LogP contribution in [-0.4, -0.2) is 39.3 Å². The minimum absolute atomic E-state index is 0.0604. The number of likely N-dealkylation sites (N-methyl/N-ethyl adjacent to an activating group) is 1. The van der Waals surface area contributed by atoms with Crippen LogP contribution in [0.5, 0.6) is 0 Å². The first-order valence-corrected chi connectivity index (χ1v) is 6.48. The number of carbonyl (C=O) groups is 1. The van der Waals surface area contributed by atoms with Crippen molar-refractivity contribution in [1.82, 2.24) is 15.1 Å². The summed E-state index contributed by atoms with van der Waals surface area (Å²) in [7, 11) is 0. The van der Waals surface area contributed by atoms with Crippen molar-refractivity contribution in [2.24, 2.45) is 0 Å². The van der Waals surface area contributed by atoms with E-state index in [2.05, 4.69) is 10.2 Å². The summed E-state index contributed by atoms with van der Waals surface area (Å²) in [6, 6.07) is 7.05. The summed E-state index contributed by atoms with van der Waals surface area (Å²) in [5, 5.41) is 17.3. The number of benzene rings is 1. The Balaban J connectivity index is 2.08. The molecule has 0 saturated heterocycles. The maximum Gasteiger partial charge on any atom is 0.317 e. The number of hydrogen-bond acceptors (Lipinski definition) is 5. The van der Waals surface area contributed by atoms with Crippen LogP contribution in [0.25, 0.3) is 11.5 Å². The Morgan fingerprint density at radius 3 is 2.65 bits per heavy atom. The second kappa shape index (κ2) is 6.49. The molecule has 1 N–H and O–H groups in total. The second-order valence-corrected chi connectivity index (χ2v) is 4.64. The highest BCUT2D eigenvalue weighted by atomic mass is 35.5. The number of nitrogens with zero attached hydrogens (tertiary/aromatic N) is 3. The van der Waals surface area contributed by atoms with Gasteiger partial charge in [0.1, 0.15) is 0 Å². The molecule has 0 unspecified atom stereocenters. The third-order valence-corrected chi connectivity index (χ3v) is 2.97. The van der Waals surface area contributed by atoms with Crippen molar-refractivity contribution < 1.29 is 14.3 Å². The van der Waals surface area contributed by atoms with Gasteiger partial charge < -0.3 is 9.52 Å². The Hall–Kier alpha value is -1.92. The molecule has 0 atom stereocenters. The van der Waals surface area contributed by atoms with Crippen LogP contribution in [-0.2, 0) is 11.3 Å². The van der Waals surface area contributed by atoms with Crippen molar-refractivity contribution in [2.45, 2.75) is 13.5 Å². The SMILES string of the molecule is CCN(CC(=O)O)Cc1nnc(-c2ccc(Cl)cc2)o1. The van der Waals surface area contributed by atoms with Crippen LogP contribution in [0.15, 0.2) is 28.7 Å². The van der Waals surface area contributed by atoms with Crippen LogP contribution in [0.1, 0.15) is 12.8 Å². The second-order valence-electron chi connectivity index (χ2n) is 4.20. The molecule has 1 aromatic heterocycles. The van der Waals surface area contributed by atoms with Crippen molar-refractivity contribution >= 4 is 17.6 Å². The fourth-order valence-corrected chi connectivity index (χ4v) is 1.81. The molecule has 0 aliphatic heterocycles. The maximum atomic E-state index is 10.7. The first kappa shape index (κ1) is 14.5. The summed E-state index contributed by atoms with van der Waals surface area (Å²) in [5.41, 5.74) is 0.773. The van der Waals surface area contributed by atoms with Crippen LogP contribution in [0.2, 0.25) is 5.02 Å². The average Bonchev–Trinajstić information content (AvgIpc) is 2.87. The highest BCUT2D eigenvalue weighted by Crippen LogP contribution is 2.20. The molecule has 1 aromatic carbocycles. The first-order chi connectivity index (χ1) is 9.58. The number of carboxylic acid groups (broad SMARTS) is 1. The molecular weight excluding hydrogens is 282 g/mol. The Morgan fingerprint density at radius 2 is 2.05 bits per heavy atom. The Kier molecular flexibility index (Phi) is 4.70. The minimum Gasteiger partial charge on any atom is -0.480 e. The molecule has 0 aliphatic carbocycles. The third-order valence-electron chi connectivity index (χ3n) is 2.72. The lowest BCUT2D eigenvalue weighted by molar-refractivity contribution is -0.138. The summed E-state index contributed by atoms with van der Waals surface area (Å²) in [4.78, 5) is 12.4. The van der Waals surface area contributed by atoms with Crippen molar-refractivity contribution in [3.8, 4) is 11.5 Å². The lowest BCUT2D eigenvalue weighted by Crippen LogP contribution is -2.29. The van der Waals surface area contributed by atoms with Crippen molar-refractivity contribution in [1.29, 1.82) is 0 Å². The molecule has 0 bridgehead atoms. The lowest BCUT2D eigenvalue weighted by Gasteiger charge is -2.14. The van der Waals surface area contributed by atoms with Crippen LogP contribution < -0.4 is 0 Å². The van der Waals surface area contributed by atoms with Gasteiger partial charge >= 0.3 is 5.97 Å². The predicted octanol–water partition coefficient (Wildman–Crippen LogP) is 2.30. The zero-order valence-corrected chi connectivity index (χ0v) is 11.7. The largest absolute Gasteiger partial charge is 0.480 e. The molecule has 2 rings (SSSR count). The lowest BCUT2D eigenvalue weighted by atomic mass is 10.2. The van der Waals surface area contributed by atoms with E-state index >= 15 is 0 Å². The van der Waals surface area contributed by atoms with Crippen LogP contribution in [0, 0.1) is 0 Å². The van der Waals surface area contributed by atoms with Gasteiger partial charge in [0.2, 0.25) is 11.8 Å². The van der Waals surface area contributed by atoms with Crippen LogP contribution in [0.4, 0.5) is 0 Å². The summed E-state index contributed by atoms with van der Waals surface area (Å²) < 4.78 is 5.52. The number of hydrogen-bond donors (Lipinski definition) is 1. The Labute approximate surface area is 121 Å². The highest BCUT2D eigenvalue weighted by Gasteiger charge is 2.14. The van der Waals surface area contributed by atoms with Gasteiger partial charge in [-0.25, -0.2) is 0 Å². The van der Waals surface area contributed by atoms with Gasteiger partial charge in [-0.05, 0) is 30.8 Å². The van der Waals surface area contributed by atoms with Gasteiger partial charge in [-0.1, -0.05) is 18.5 Å². The fourth-order valence-electron chi connectivity index (χ4n) is 1.69. The minimum atomic E-state index is -0.885. The van der Waals surface area contributed by atoms with E-state index in [4.69, 9.17) is 21.1 Å². The summed E-state index contributed by atoms with van der Waals surface area (Å²) in [6.45, 7) is 2.71. The maximum absolute atomic E-state index is 10.7. The van der Waals surface area contributed by atoms with E-state index < -0.39 is 5.97 Å². The number of carboxylic acids is 1. The van der Waals surface area contributed by atoms with Gasteiger partial charge in [0.05, 0.1) is 13.1 Å². The summed E-state index contributed by atoms with van der Waals surface area (Å²) in [5.74, 6) is -0.106. The Morgan fingerprint density at radius 1 is 1.35 bits per heavy atom. The summed E-state index contributed by atoms with van der Waals surface area (Å²) in [6.07, 6.45) is 0. The molecule has 7 heteroatoms. The molecule has 6 nitrogen and oxygen atoms in total. The topological polar surface area (TPSA) is 79.5 Å². The quantitative estimate of drug-likeness (QED) is 0.881. The van der Waals surface area contributed by atoms with Crippen molar-refractivity contribution in [3.63, 3.8) is 0 Å². The molecule has 106 valence electrons. The molecular formula is C13H14ClN3O3. The fraction of sp³-hybridized carbons (Fsp3) is 0.308. The number of rotatable bonds is 6. The summed E-state index contributed by atoms with van der Waals surface area (Å²) >= 11 is 5.81. The van der Waals surface area contributed by atoms with Gasteiger partial charge in [0, 0.05) is 10.6 Å². The third kappa shape index (κ3) is 3.79. The normalized spacial score (nSPS) is 10.9. The number of aliphatic carboxylic acids is 1. The smallest absolute Gasteiger partial charge is 0.317 e. The van der Waals surface area contributed by atoms with E-state index in [0.29, 0.717) is 29.9 Å². The molecule has 0 saturated carbocycles. The van der Waals surface area contributed by atoms with E-state index in [-0.39, 0.29) is 6.54 Å². The molecule has 1 heterocycles. The van der Waals surface area contributed by atoms with Crippen molar-refractivity contribution in [3.05, 3.63) is 35.2 Å². The first-order valence-electron chi connectivity index (χ1n) is 6.11. The Bertz CT molecular complexity index is 583. The van der Waals surface area contributed by atoms with Crippen molar-refractivity contribution in [2.75, 3.05) is 13.1 Å². The van der Waals surface area contributed by atoms with E-state index in [1.54, 1.807) is 29.2 Å². The standard InChI is InChI=1S/C13H14ClN3O3/c1-2-17(8-12(18)19)7-11-15-16-13(20-11)9-3-5-10(14)6-4-9/h3-6H,2,7-8H2,1H3,(H,18,19). The van der Waals surface area contributed by atoms with E-state index in [1.807, 2.05) is 6.92 Å². The van der Waals surface area contributed by atoms with Crippen LogP contribution in [0.3, 0.4) is 0 Å². The molecule has 0 amide bonds. The molecule has 0 aliphatic rings. The molecule has 0 radical (unpaired) electrons. The zero-order valence-electron chi connectivity index (χ0n) is 10.9. The molecule has 20 heavy (non-hydrogen) atoms. The van der Waals surface area contributed by atoms with E-state index in [1.165, 1.54) is 0 Å². The van der Waals surface area contributed by atoms with Gasteiger partial charge in [-0.3, -0.25) is 9.69 Å². The number of aromatic nitrogens is 2. The van der Waals surface area contributed by atoms with E-state index in [0.717, 1.165) is 5.56 Å². The van der Waals surface area contributed by atoms with Gasteiger partial charge in [0.15, 0.2) is 0 Å². The molecule has 0 spiro atoms. The monoisotopic (exact) mass is 295 g/mol. The van der Waals surface area contributed by atoms with Gasteiger partial charge in [-0.15, -0.1) is 10.2 Å². The van der Waals surface area contributed by atoms with Crippen LogP contribution >= 0.6 is 11.6 Å². The predicted molar refractivity (Wildman–Crippen MR) is 73.3 cm³/mol. The van der Waals surface area contributed by atoms with Gasteiger partial charge in [0.25, 0.3) is 0 Å². The number of halogens is 1.